The van der Waals surface area contributed by atoms with Crippen molar-refractivity contribution in [2.45, 2.75) is 32.5 Å². The van der Waals surface area contributed by atoms with Gasteiger partial charge in [-0.05, 0) is 50.1 Å². The fraction of sp³-hybridized carbons (Fsp3) is 0.304. The Morgan fingerprint density at radius 1 is 1.14 bits per heavy atom. The Kier molecular flexibility index (Phi) is 6.69. The number of benzene rings is 1. The highest BCUT2D eigenvalue weighted by Gasteiger charge is 2.40. The van der Waals surface area contributed by atoms with Crippen LogP contribution in [0, 0.1) is 13.8 Å². The lowest BCUT2D eigenvalue weighted by molar-refractivity contribution is -0.141. The van der Waals surface area contributed by atoms with Gasteiger partial charge in [0.2, 0.25) is 0 Å². The number of carbonyl (C=O) groups excluding carboxylic acids is 2. The number of aryl methyl sites for hydroxylation is 2. The first-order valence-electron chi connectivity index (χ1n) is 10.7. The fourth-order valence-electron chi connectivity index (χ4n) is 3.89. The second-order valence-corrected chi connectivity index (χ2v) is 10.7. The third-order valence-corrected chi connectivity index (χ3v) is 7.71. The van der Waals surface area contributed by atoms with Crippen LogP contribution < -0.4 is 10.6 Å². The molecule has 0 saturated carbocycles. The molecule has 0 spiro atoms. The maximum Gasteiger partial charge on any atom is 0.435 e. The number of anilines is 1. The Labute approximate surface area is 211 Å². The molecule has 2 aromatic heterocycles. The van der Waals surface area contributed by atoms with E-state index in [1.165, 1.54) is 18.3 Å². The molecule has 1 fully saturated rings. The van der Waals surface area contributed by atoms with E-state index in [0.717, 1.165) is 4.68 Å². The molecule has 0 aliphatic carbocycles. The zero-order valence-corrected chi connectivity index (χ0v) is 20.9. The summed E-state index contributed by atoms with van der Waals surface area (Å²) < 4.78 is 52.8. The Hall–Kier alpha value is -3.25. The summed E-state index contributed by atoms with van der Waals surface area (Å²) >= 11 is 6.15. The Morgan fingerprint density at radius 2 is 1.83 bits per heavy atom. The standard InChI is InChI=1S/C23H21ClF3N5O3S/c1-12-5-4-6-28-19(12)32-16(9-17(31-32)23(25,26)27)21(34)29-18-13(2)7-14(24)8-15(18)20(33)30-22(3)10-36(35)11-22/h4-9H,10-11H2,1-3H3,(H,29,34)(H,30,33). The SMILES string of the molecule is Cc1cccnc1-n1nc(C(F)(F)F)cc1C(=O)Nc1c(C)cc(Cl)cc1C(=O)NC1(C)CS(=O)C1. The maximum absolute atomic E-state index is 13.5. The van der Waals surface area contributed by atoms with Gasteiger partial charge in [-0.15, -0.1) is 0 Å². The summed E-state index contributed by atoms with van der Waals surface area (Å²) in [4.78, 5) is 30.4. The van der Waals surface area contributed by atoms with Crippen molar-refractivity contribution in [1.29, 1.82) is 0 Å². The molecule has 190 valence electrons. The number of hydrogen-bond donors (Lipinski definition) is 2. The third-order valence-electron chi connectivity index (χ3n) is 5.57. The van der Waals surface area contributed by atoms with E-state index in [0.29, 0.717) is 17.2 Å². The van der Waals surface area contributed by atoms with Crippen LogP contribution in [-0.2, 0) is 17.0 Å². The smallest absolute Gasteiger partial charge is 0.345 e. The number of alkyl halides is 3. The van der Waals surface area contributed by atoms with Crippen LogP contribution in [0.4, 0.5) is 18.9 Å². The summed E-state index contributed by atoms with van der Waals surface area (Å²) in [6.07, 6.45) is -3.43. The topological polar surface area (TPSA) is 106 Å². The molecule has 4 rings (SSSR count). The van der Waals surface area contributed by atoms with Gasteiger partial charge < -0.3 is 10.6 Å². The first-order chi connectivity index (χ1) is 16.8. The lowest BCUT2D eigenvalue weighted by Gasteiger charge is -2.38. The quantitative estimate of drug-likeness (QED) is 0.509. The number of hydrogen-bond acceptors (Lipinski definition) is 5. The minimum absolute atomic E-state index is 0.0170. The zero-order chi connectivity index (χ0) is 26.4. The number of amides is 2. The highest BCUT2D eigenvalue weighted by Crippen LogP contribution is 2.31. The summed E-state index contributed by atoms with van der Waals surface area (Å²) in [7, 11) is -1.03. The molecule has 2 amide bonds. The molecule has 1 saturated heterocycles. The van der Waals surface area contributed by atoms with Gasteiger partial charge in [0.15, 0.2) is 11.5 Å². The first-order valence-corrected chi connectivity index (χ1v) is 12.5. The van der Waals surface area contributed by atoms with E-state index in [9.17, 15) is 27.0 Å². The van der Waals surface area contributed by atoms with Crippen molar-refractivity contribution in [3.05, 3.63) is 69.6 Å². The molecule has 0 unspecified atom stereocenters. The molecular formula is C23H21ClF3N5O3S. The highest BCUT2D eigenvalue weighted by molar-refractivity contribution is 7.86. The Morgan fingerprint density at radius 3 is 2.44 bits per heavy atom. The van der Waals surface area contributed by atoms with E-state index in [-0.39, 0.29) is 33.6 Å². The van der Waals surface area contributed by atoms with Crippen LogP contribution in [0.5, 0.6) is 0 Å². The van der Waals surface area contributed by atoms with E-state index in [1.807, 2.05) is 0 Å². The predicted octanol–water partition coefficient (Wildman–Crippen LogP) is 4.06. The molecule has 3 heterocycles. The van der Waals surface area contributed by atoms with Gasteiger partial charge >= 0.3 is 6.18 Å². The lowest BCUT2D eigenvalue weighted by Crippen LogP contribution is -2.61. The normalized spacial score (nSPS) is 19.5. The van der Waals surface area contributed by atoms with Crippen LogP contribution >= 0.6 is 11.6 Å². The van der Waals surface area contributed by atoms with Crippen LogP contribution in [-0.4, -0.2) is 47.8 Å². The molecule has 1 aliphatic rings. The largest absolute Gasteiger partial charge is 0.435 e. The molecule has 0 atom stereocenters. The van der Waals surface area contributed by atoms with Crippen LogP contribution in [0.3, 0.4) is 0 Å². The minimum atomic E-state index is -4.80. The van der Waals surface area contributed by atoms with Crippen molar-refractivity contribution in [2.24, 2.45) is 0 Å². The van der Waals surface area contributed by atoms with E-state index >= 15 is 0 Å². The van der Waals surface area contributed by atoms with Gasteiger partial charge in [0.1, 0.15) is 5.69 Å². The minimum Gasteiger partial charge on any atom is -0.345 e. The van der Waals surface area contributed by atoms with Crippen LogP contribution in [0.25, 0.3) is 5.82 Å². The summed E-state index contributed by atoms with van der Waals surface area (Å²) in [5, 5.41) is 9.16. The van der Waals surface area contributed by atoms with E-state index in [2.05, 4.69) is 20.7 Å². The molecular weight excluding hydrogens is 519 g/mol. The number of pyridine rings is 1. The van der Waals surface area contributed by atoms with Gasteiger partial charge in [0.05, 0.1) is 16.8 Å². The van der Waals surface area contributed by atoms with Gasteiger partial charge in [-0.25, -0.2) is 9.67 Å². The van der Waals surface area contributed by atoms with E-state index in [1.54, 1.807) is 32.9 Å². The van der Waals surface area contributed by atoms with Gasteiger partial charge in [-0.3, -0.25) is 13.8 Å². The van der Waals surface area contributed by atoms with E-state index < -0.39 is 45.7 Å². The molecule has 2 N–H and O–H groups in total. The fourth-order valence-corrected chi connectivity index (χ4v) is 5.64. The third kappa shape index (κ3) is 5.14. The van der Waals surface area contributed by atoms with Crippen LogP contribution in [0.15, 0.2) is 36.5 Å². The van der Waals surface area contributed by atoms with Crippen molar-refractivity contribution in [1.82, 2.24) is 20.1 Å². The summed E-state index contributed by atoms with van der Waals surface area (Å²) in [5.74, 6) is -0.889. The molecule has 0 radical (unpaired) electrons. The molecule has 13 heteroatoms. The van der Waals surface area contributed by atoms with Crippen molar-refractivity contribution in [3.8, 4) is 5.82 Å². The Bertz CT molecular complexity index is 1400. The van der Waals surface area contributed by atoms with Gasteiger partial charge in [-0.1, -0.05) is 17.7 Å². The van der Waals surface area contributed by atoms with Gasteiger partial charge in [0.25, 0.3) is 11.8 Å². The van der Waals surface area contributed by atoms with Crippen molar-refractivity contribution in [3.63, 3.8) is 0 Å². The number of nitrogens with zero attached hydrogens (tertiary/aromatic N) is 3. The first kappa shape index (κ1) is 25.8. The molecule has 8 nitrogen and oxygen atoms in total. The van der Waals surface area contributed by atoms with Crippen LogP contribution in [0.1, 0.15) is 44.6 Å². The van der Waals surface area contributed by atoms with Crippen molar-refractivity contribution in [2.75, 3.05) is 16.8 Å². The number of halogens is 4. The van der Waals surface area contributed by atoms with Gasteiger partial charge in [0, 0.05) is 39.6 Å². The molecule has 1 aromatic carbocycles. The van der Waals surface area contributed by atoms with Crippen molar-refractivity contribution >= 4 is 39.9 Å². The number of carbonyl (C=O) groups is 2. The van der Waals surface area contributed by atoms with Gasteiger partial charge in [-0.2, -0.15) is 18.3 Å². The summed E-state index contributed by atoms with van der Waals surface area (Å²) in [6.45, 7) is 4.97. The second kappa shape index (κ2) is 9.32. The molecule has 3 aromatic rings. The average Bonchev–Trinajstić information content (AvgIpc) is 3.20. The number of aromatic nitrogens is 3. The van der Waals surface area contributed by atoms with Crippen molar-refractivity contribution < 1.29 is 27.0 Å². The zero-order valence-electron chi connectivity index (χ0n) is 19.4. The molecule has 36 heavy (non-hydrogen) atoms. The predicted molar refractivity (Wildman–Crippen MR) is 129 cm³/mol. The Balaban J connectivity index is 1.73. The average molecular weight is 540 g/mol. The lowest BCUT2D eigenvalue weighted by atomic mass is 10.0. The highest BCUT2D eigenvalue weighted by atomic mass is 35.5. The van der Waals surface area contributed by atoms with Crippen LogP contribution in [0.2, 0.25) is 5.02 Å². The maximum atomic E-state index is 13.5. The molecule has 1 aliphatic heterocycles. The monoisotopic (exact) mass is 539 g/mol. The number of rotatable bonds is 5. The molecule has 0 bridgehead atoms. The summed E-state index contributed by atoms with van der Waals surface area (Å²) in [5.41, 5.74) is -1.37. The second-order valence-electron chi connectivity index (χ2n) is 8.81. The van der Waals surface area contributed by atoms with E-state index in [4.69, 9.17) is 11.6 Å². The summed E-state index contributed by atoms with van der Waals surface area (Å²) in [6, 6.07) is 6.71. The number of nitrogens with one attached hydrogen (secondary N) is 2.